The summed E-state index contributed by atoms with van der Waals surface area (Å²) in [7, 11) is 0. The standard InChI is InChI=1S/C12H14N2O2S/c13-11(17)3-5-14-12(15)9-1-2-10-8(7-9)4-6-16-10/h1-2,7H,3-6H2,(H2,13,17)(H,14,15). The molecular formula is C12H14N2O2S. The number of ether oxygens (including phenoxy) is 1. The van der Waals surface area contributed by atoms with Gasteiger partial charge in [-0.2, -0.15) is 0 Å². The van der Waals surface area contributed by atoms with E-state index in [2.05, 4.69) is 5.32 Å². The maximum Gasteiger partial charge on any atom is 0.251 e. The zero-order valence-electron chi connectivity index (χ0n) is 9.36. The molecule has 0 spiro atoms. The summed E-state index contributed by atoms with van der Waals surface area (Å²) >= 11 is 4.74. The first kappa shape index (κ1) is 11.9. The molecule has 4 nitrogen and oxygen atoms in total. The Balaban J connectivity index is 1.97. The number of nitrogens with two attached hydrogens (primary N) is 1. The molecule has 0 unspecified atom stereocenters. The Morgan fingerprint density at radius 3 is 3.12 bits per heavy atom. The molecule has 0 radical (unpaired) electrons. The van der Waals surface area contributed by atoms with Crippen LogP contribution in [0.1, 0.15) is 22.3 Å². The topological polar surface area (TPSA) is 64.3 Å². The molecule has 5 heteroatoms. The largest absolute Gasteiger partial charge is 0.493 e. The predicted molar refractivity (Wildman–Crippen MR) is 69.4 cm³/mol. The van der Waals surface area contributed by atoms with Crippen LogP contribution in [0.4, 0.5) is 0 Å². The number of hydrogen-bond acceptors (Lipinski definition) is 3. The van der Waals surface area contributed by atoms with Crippen molar-refractivity contribution in [3.05, 3.63) is 29.3 Å². The Morgan fingerprint density at radius 1 is 1.53 bits per heavy atom. The monoisotopic (exact) mass is 250 g/mol. The molecule has 90 valence electrons. The number of fused-ring (bicyclic) bond motifs is 1. The van der Waals surface area contributed by atoms with Crippen molar-refractivity contribution in [3.8, 4) is 5.75 Å². The molecule has 17 heavy (non-hydrogen) atoms. The summed E-state index contributed by atoms with van der Waals surface area (Å²) in [6.07, 6.45) is 1.39. The van der Waals surface area contributed by atoms with Gasteiger partial charge in [-0.05, 0) is 23.8 Å². The number of carbonyl (C=O) groups is 1. The fourth-order valence-electron chi connectivity index (χ4n) is 1.73. The predicted octanol–water partition coefficient (Wildman–Crippen LogP) is 1.03. The van der Waals surface area contributed by atoms with Crippen molar-refractivity contribution in [1.29, 1.82) is 0 Å². The van der Waals surface area contributed by atoms with E-state index in [0.29, 0.717) is 30.1 Å². The van der Waals surface area contributed by atoms with Crippen molar-refractivity contribution < 1.29 is 9.53 Å². The minimum Gasteiger partial charge on any atom is -0.493 e. The van der Waals surface area contributed by atoms with Crippen molar-refractivity contribution in [2.75, 3.05) is 13.2 Å². The van der Waals surface area contributed by atoms with Crippen LogP contribution >= 0.6 is 12.2 Å². The van der Waals surface area contributed by atoms with Crippen LogP contribution in [-0.2, 0) is 6.42 Å². The van der Waals surface area contributed by atoms with Crippen LogP contribution in [0.2, 0.25) is 0 Å². The van der Waals surface area contributed by atoms with Gasteiger partial charge in [0.15, 0.2) is 0 Å². The number of rotatable bonds is 4. The minimum absolute atomic E-state index is 0.101. The smallest absolute Gasteiger partial charge is 0.251 e. The molecule has 0 aromatic heterocycles. The summed E-state index contributed by atoms with van der Waals surface area (Å²) in [6.45, 7) is 1.17. The average molecular weight is 250 g/mol. The Morgan fingerprint density at radius 2 is 2.35 bits per heavy atom. The van der Waals surface area contributed by atoms with Crippen molar-refractivity contribution in [3.63, 3.8) is 0 Å². The molecule has 1 aromatic rings. The van der Waals surface area contributed by atoms with Gasteiger partial charge in [0.2, 0.25) is 0 Å². The van der Waals surface area contributed by atoms with Crippen molar-refractivity contribution in [2.24, 2.45) is 5.73 Å². The molecular weight excluding hydrogens is 236 g/mol. The lowest BCUT2D eigenvalue weighted by Crippen LogP contribution is -2.27. The third kappa shape index (κ3) is 2.94. The van der Waals surface area contributed by atoms with E-state index in [1.54, 1.807) is 6.07 Å². The van der Waals surface area contributed by atoms with Crippen LogP contribution in [0, 0.1) is 0 Å². The molecule has 0 fully saturated rings. The average Bonchev–Trinajstić information content (AvgIpc) is 2.75. The van der Waals surface area contributed by atoms with E-state index in [-0.39, 0.29) is 5.91 Å². The second-order valence-electron chi connectivity index (χ2n) is 3.89. The van der Waals surface area contributed by atoms with Crippen molar-refractivity contribution in [2.45, 2.75) is 12.8 Å². The Hall–Kier alpha value is -1.62. The van der Waals surface area contributed by atoms with E-state index in [4.69, 9.17) is 22.7 Å². The fraction of sp³-hybridized carbons (Fsp3) is 0.333. The molecule has 1 aromatic carbocycles. The lowest BCUT2D eigenvalue weighted by atomic mass is 10.1. The molecule has 1 amide bonds. The number of thiocarbonyl (C=S) groups is 1. The summed E-state index contributed by atoms with van der Waals surface area (Å²) in [4.78, 5) is 12.2. The summed E-state index contributed by atoms with van der Waals surface area (Å²) < 4.78 is 5.38. The Labute approximate surface area is 105 Å². The summed E-state index contributed by atoms with van der Waals surface area (Å²) in [6, 6.07) is 5.48. The van der Waals surface area contributed by atoms with Crippen LogP contribution < -0.4 is 15.8 Å². The van der Waals surface area contributed by atoms with Crippen LogP contribution in [0.25, 0.3) is 0 Å². The molecule has 1 aliphatic heterocycles. The van der Waals surface area contributed by atoms with Crippen LogP contribution in [0.3, 0.4) is 0 Å². The van der Waals surface area contributed by atoms with Gasteiger partial charge in [0.25, 0.3) is 5.91 Å². The maximum absolute atomic E-state index is 11.8. The molecule has 0 saturated carbocycles. The van der Waals surface area contributed by atoms with Gasteiger partial charge in [-0.3, -0.25) is 4.79 Å². The SMILES string of the molecule is NC(=S)CCNC(=O)c1ccc2c(c1)CCO2. The fourth-order valence-corrected chi connectivity index (χ4v) is 1.83. The highest BCUT2D eigenvalue weighted by Crippen LogP contribution is 2.25. The molecule has 3 N–H and O–H groups in total. The summed E-state index contributed by atoms with van der Waals surface area (Å²) in [5.74, 6) is 0.778. The van der Waals surface area contributed by atoms with E-state index in [1.807, 2.05) is 12.1 Å². The van der Waals surface area contributed by atoms with Crippen LogP contribution in [0.15, 0.2) is 18.2 Å². The highest BCUT2D eigenvalue weighted by Gasteiger charge is 2.14. The van der Waals surface area contributed by atoms with E-state index < -0.39 is 0 Å². The summed E-state index contributed by atoms with van der Waals surface area (Å²) in [5, 5.41) is 2.77. The van der Waals surface area contributed by atoms with Gasteiger partial charge in [0, 0.05) is 24.9 Å². The lowest BCUT2D eigenvalue weighted by molar-refractivity contribution is 0.0955. The maximum atomic E-state index is 11.8. The van der Waals surface area contributed by atoms with Gasteiger partial charge in [0.1, 0.15) is 5.75 Å². The number of carbonyl (C=O) groups excluding carboxylic acids is 1. The molecule has 0 bridgehead atoms. The van der Waals surface area contributed by atoms with E-state index in [0.717, 1.165) is 17.7 Å². The van der Waals surface area contributed by atoms with Gasteiger partial charge >= 0.3 is 0 Å². The second kappa shape index (κ2) is 5.14. The number of nitrogens with one attached hydrogen (secondary N) is 1. The first-order valence-corrected chi connectivity index (χ1v) is 5.90. The molecule has 0 atom stereocenters. The first-order valence-electron chi connectivity index (χ1n) is 5.49. The summed E-state index contributed by atoms with van der Waals surface area (Å²) in [5.41, 5.74) is 7.09. The molecule has 1 aliphatic rings. The van der Waals surface area contributed by atoms with Gasteiger partial charge < -0.3 is 15.8 Å². The van der Waals surface area contributed by atoms with Crippen LogP contribution in [0.5, 0.6) is 5.75 Å². The zero-order chi connectivity index (χ0) is 12.3. The lowest BCUT2D eigenvalue weighted by Gasteiger charge is -2.05. The molecule has 0 aliphatic carbocycles. The van der Waals surface area contributed by atoms with Crippen molar-refractivity contribution >= 4 is 23.1 Å². The zero-order valence-corrected chi connectivity index (χ0v) is 10.2. The van der Waals surface area contributed by atoms with Gasteiger partial charge in [0.05, 0.1) is 11.6 Å². The Kier molecular flexibility index (Phi) is 3.58. The third-order valence-corrected chi connectivity index (χ3v) is 2.81. The quantitative estimate of drug-likeness (QED) is 0.783. The number of benzene rings is 1. The van der Waals surface area contributed by atoms with Crippen molar-refractivity contribution in [1.82, 2.24) is 5.32 Å². The second-order valence-corrected chi connectivity index (χ2v) is 4.42. The highest BCUT2D eigenvalue weighted by atomic mass is 32.1. The van der Waals surface area contributed by atoms with Gasteiger partial charge in [-0.15, -0.1) is 0 Å². The van der Waals surface area contributed by atoms with Crippen LogP contribution in [-0.4, -0.2) is 24.0 Å². The number of hydrogen-bond donors (Lipinski definition) is 2. The highest BCUT2D eigenvalue weighted by molar-refractivity contribution is 7.80. The number of amides is 1. The minimum atomic E-state index is -0.101. The normalized spacial score (nSPS) is 12.7. The van der Waals surface area contributed by atoms with Gasteiger partial charge in [-0.1, -0.05) is 12.2 Å². The third-order valence-electron chi connectivity index (χ3n) is 2.61. The van der Waals surface area contributed by atoms with E-state index in [9.17, 15) is 4.79 Å². The Bertz CT molecular complexity index is 460. The molecule has 1 heterocycles. The molecule has 0 saturated heterocycles. The van der Waals surface area contributed by atoms with E-state index in [1.165, 1.54) is 0 Å². The van der Waals surface area contributed by atoms with E-state index >= 15 is 0 Å². The van der Waals surface area contributed by atoms with Gasteiger partial charge in [-0.25, -0.2) is 0 Å². The molecule has 2 rings (SSSR count). The first-order chi connectivity index (χ1) is 8.16.